The van der Waals surface area contributed by atoms with E-state index in [1.54, 1.807) is 0 Å². The number of aliphatic hydroxyl groups is 1. The van der Waals surface area contributed by atoms with Crippen molar-refractivity contribution in [3.63, 3.8) is 0 Å². The molecule has 2 saturated carbocycles. The molecule has 2 fully saturated rings. The molecule has 0 heterocycles. The van der Waals surface area contributed by atoms with Crippen LogP contribution in [0.2, 0.25) is 0 Å². The molecule has 0 aliphatic heterocycles. The SMILES string of the molecule is CC(=O)OC1CCCC2(C)C([C@H](C)CCC(O)C(C)C)CC[C@@H]12. The van der Waals surface area contributed by atoms with E-state index in [0.717, 1.165) is 19.3 Å². The highest BCUT2D eigenvalue weighted by atomic mass is 16.5. The molecule has 2 rings (SSSR count). The second-order valence-electron chi connectivity index (χ2n) is 8.70. The third-order valence-corrected chi connectivity index (χ3v) is 6.83. The number of rotatable bonds is 6. The number of hydrogen-bond acceptors (Lipinski definition) is 3. The van der Waals surface area contributed by atoms with Gasteiger partial charge in [0.1, 0.15) is 6.10 Å². The maximum absolute atomic E-state index is 11.4. The Kier molecular flexibility index (Phi) is 6.16. The fraction of sp³-hybridized carbons (Fsp3) is 0.950. The summed E-state index contributed by atoms with van der Waals surface area (Å²) in [7, 11) is 0. The van der Waals surface area contributed by atoms with Gasteiger partial charge in [-0.2, -0.15) is 0 Å². The van der Waals surface area contributed by atoms with Crippen molar-refractivity contribution < 1.29 is 14.6 Å². The summed E-state index contributed by atoms with van der Waals surface area (Å²) in [4.78, 5) is 11.4. The fourth-order valence-corrected chi connectivity index (χ4v) is 5.42. The van der Waals surface area contributed by atoms with E-state index in [1.165, 1.54) is 32.6 Å². The first-order chi connectivity index (χ1) is 10.8. The Labute approximate surface area is 142 Å². The van der Waals surface area contributed by atoms with E-state index < -0.39 is 0 Å². The predicted octanol–water partition coefficient (Wildman–Crippen LogP) is 4.57. The first-order valence-corrected chi connectivity index (χ1v) is 9.61. The molecule has 134 valence electrons. The molecule has 0 aromatic carbocycles. The number of carbonyl (C=O) groups excluding carboxylic acids is 1. The lowest BCUT2D eigenvalue weighted by Crippen LogP contribution is -2.43. The second-order valence-corrected chi connectivity index (χ2v) is 8.70. The molecule has 1 N–H and O–H groups in total. The lowest BCUT2D eigenvalue weighted by molar-refractivity contribution is -0.155. The van der Waals surface area contributed by atoms with Crippen LogP contribution in [-0.4, -0.2) is 23.3 Å². The summed E-state index contributed by atoms with van der Waals surface area (Å²) in [6.45, 7) is 10.5. The lowest BCUT2D eigenvalue weighted by Gasteiger charge is -2.46. The molecule has 0 saturated heterocycles. The van der Waals surface area contributed by atoms with Gasteiger partial charge in [-0.15, -0.1) is 0 Å². The van der Waals surface area contributed by atoms with Crippen molar-refractivity contribution in [3.8, 4) is 0 Å². The summed E-state index contributed by atoms with van der Waals surface area (Å²) in [6, 6.07) is 0. The molecule has 0 bridgehead atoms. The molecular weight excluding hydrogens is 288 g/mol. The van der Waals surface area contributed by atoms with E-state index in [4.69, 9.17) is 4.74 Å². The summed E-state index contributed by atoms with van der Waals surface area (Å²) in [5, 5.41) is 10.1. The van der Waals surface area contributed by atoms with Crippen LogP contribution in [-0.2, 0) is 9.53 Å². The molecule has 0 aromatic rings. The van der Waals surface area contributed by atoms with Crippen molar-refractivity contribution in [1.29, 1.82) is 0 Å². The van der Waals surface area contributed by atoms with Gasteiger partial charge in [0.05, 0.1) is 6.10 Å². The van der Waals surface area contributed by atoms with Gasteiger partial charge in [0.25, 0.3) is 0 Å². The van der Waals surface area contributed by atoms with Crippen LogP contribution < -0.4 is 0 Å². The van der Waals surface area contributed by atoms with E-state index in [0.29, 0.717) is 29.1 Å². The van der Waals surface area contributed by atoms with E-state index in [9.17, 15) is 9.90 Å². The summed E-state index contributed by atoms with van der Waals surface area (Å²) in [5.41, 5.74) is 0.306. The Hall–Kier alpha value is -0.570. The third kappa shape index (κ3) is 4.10. The average molecular weight is 325 g/mol. The van der Waals surface area contributed by atoms with Gasteiger partial charge in [0.2, 0.25) is 0 Å². The van der Waals surface area contributed by atoms with Gasteiger partial charge in [0.15, 0.2) is 0 Å². The molecule has 2 aliphatic carbocycles. The average Bonchev–Trinajstić information content (AvgIpc) is 2.81. The maximum atomic E-state index is 11.4. The Bertz CT molecular complexity index is 406. The van der Waals surface area contributed by atoms with Crippen LogP contribution in [0.1, 0.15) is 79.6 Å². The van der Waals surface area contributed by atoms with E-state index in [2.05, 4.69) is 27.7 Å². The van der Waals surface area contributed by atoms with Gasteiger partial charge in [0, 0.05) is 12.8 Å². The number of esters is 1. The molecule has 23 heavy (non-hydrogen) atoms. The van der Waals surface area contributed by atoms with Crippen molar-refractivity contribution in [1.82, 2.24) is 0 Å². The van der Waals surface area contributed by atoms with Crippen molar-refractivity contribution in [2.45, 2.75) is 91.8 Å². The van der Waals surface area contributed by atoms with Crippen molar-refractivity contribution in [2.24, 2.45) is 29.1 Å². The summed E-state index contributed by atoms with van der Waals surface area (Å²) in [6.07, 6.45) is 7.86. The van der Waals surface area contributed by atoms with E-state index in [-0.39, 0.29) is 18.2 Å². The Morgan fingerprint density at radius 1 is 1.22 bits per heavy atom. The zero-order chi connectivity index (χ0) is 17.2. The minimum absolute atomic E-state index is 0.129. The van der Waals surface area contributed by atoms with E-state index >= 15 is 0 Å². The first-order valence-electron chi connectivity index (χ1n) is 9.61. The number of hydrogen-bond donors (Lipinski definition) is 1. The maximum Gasteiger partial charge on any atom is 0.302 e. The zero-order valence-corrected chi connectivity index (χ0v) is 15.7. The van der Waals surface area contributed by atoms with Gasteiger partial charge in [-0.1, -0.05) is 27.7 Å². The summed E-state index contributed by atoms with van der Waals surface area (Å²) in [5.74, 6) is 2.08. The van der Waals surface area contributed by atoms with Gasteiger partial charge < -0.3 is 9.84 Å². The van der Waals surface area contributed by atoms with Crippen LogP contribution in [0.4, 0.5) is 0 Å². The van der Waals surface area contributed by atoms with Crippen LogP contribution in [0.5, 0.6) is 0 Å². The standard InChI is InChI=1S/C20H36O3/c1-13(2)18(22)11-8-14(3)16-9-10-17-19(23-15(4)21)7-6-12-20(16,17)5/h13-14,16-19,22H,6-12H2,1-5H3/t14-,16?,17+,18?,19?,20?/m1/s1. The second kappa shape index (κ2) is 7.55. The normalized spacial score (nSPS) is 36.6. The van der Waals surface area contributed by atoms with Gasteiger partial charge in [-0.3, -0.25) is 4.79 Å². The smallest absolute Gasteiger partial charge is 0.302 e. The number of ether oxygens (including phenoxy) is 1. The largest absolute Gasteiger partial charge is 0.462 e. The van der Waals surface area contributed by atoms with Crippen LogP contribution in [0.3, 0.4) is 0 Å². The minimum atomic E-state index is -0.178. The number of fused-ring (bicyclic) bond motifs is 1. The van der Waals surface area contributed by atoms with Crippen molar-refractivity contribution in [2.75, 3.05) is 0 Å². The Morgan fingerprint density at radius 3 is 2.52 bits per heavy atom. The fourth-order valence-electron chi connectivity index (χ4n) is 5.42. The first kappa shape index (κ1) is 18.8. The summed E-state index contributed by atoms with van der Waals surface area (Å²) >= 11 is 0. The van der Waals surface area contributed by atoms with Crippen molar-refractivity contribution in [3.05, 3.63) is 0 Å². The Morgan fingerprint density at radius 2 is 1.91 bits per heavy atom. The molecule has 3 nitrogen and oxygen atoms in total. The Balaban J connectivity index is 2.00. The predicted molar refractivity (Wildman–Crippen MR) is 93.0 cm³/mol. The minimum Gasteiger partial charge on any atom is -0.462 e. The quantitative estimate of drug-likeness (QED) is 0.728. The van der Waals surface area contributed by atoms with E-state index in [1.807, 2.05) is 0 Å². The number of aliphatic hydroxyl groups excluding tert-OH is 1. The molecule has 6 atom stereocenters. The van der Waals surface area contributed by atoms with Crippen LogP contribution in [0, 0.1) is 29.1 Å². The van der Waals surface area contributed by atoms with Gasteiger partial charge in [-0.25, -0.2) is 0 Å². The molecule has 0 amide bonds. The zero-order valence-electron chi connectivity index (χ0n) is 15.7. The van der Waals surface area contributed by atoms with Gasteiger partial charge in [-0.05, 0) is 68.1 Å². The highest BCUT2D eigenvalue weighted by Gasteiger charge is 2.53. The topological polar surface area (TPSA) is 46.5 Å². The molecule has 4 unspecified atom stereocenters. The highest BCUT2D eigenvalue weighted by Crippen LogP contribution is 2.58. The number of carbonyl (C=O) groups is 1. The van der Waals surface area contributed by atoms with Gasteiger partial charge >= 0.3 is 5.97 Å². The molecule has 0 spiro atoms. The van der Waals surface area contributed by atoms with Crippen LogP contribution >= 0.6 is 0 Å². The highest BCUT2D eigenvalue weighted by molar-refractivity contribution is 5.66. The van der Waals surface area contributed by atoms with Crippen LogP contribution in [0.15, 0.2) is 0 Å². The molecular formula is C20H36O3. The van der Waals surface area contributed by atoms with Crippen molar-refractivity contribution >= 4 is 5.97 Å². The molecule has 0 aromatic heterocycles. The summed E-state index contributed by atoms with van der Waals surface area (Å²) < 4.78 is 5.65. The molecule has 0 radical (unpaired) electrons. The molecule has 2 aliphatic rings. The van der Waals surface area contributed by atoms with Crippen LogP contribution in [0.25, 0.3) is 0 Å². The monoisotopic (exact) mass is 324 g/mol. The molecule has 3 heteroatoms. The third-order valence-electron chi connectivity index (χ3n) is 6.83. The lowest BCUT2D eigenvalue weighted by atomic mass is 9.61.